The number of amides is 1. The van der Waals surface area contributed by atoms with Crippen molar-refractivity contribution < 1.29 is 9.90 Å². The Morgan fingerprint density at radius 2 is 1.83 bits per heavy atom. The van der Waals surface area contributed by atoms with E-state index in [9.17, 15) is 9.90 Å². The van der Waals surface area contributed by atoms with Crippen molar-refractivity contribution in [3.8, 4) is 5.75 Å². The number of aryl methyl sites for hydroxylation is 1. The summed E-state index contributed by atoms with van der Waals surface area (Å²) in [6, 6.07) is 7.92. The Bertz CT molecular complexity index is 821. The molecule has 1 aromatic carbocycles. The SMILES string of the molecule is Cc1nc2c(c(C)c1O)/C(=C/c1ccc(N(C)C)cc1)C(=O)N2. The van der Waals surface area contributed by atoms with E-state index in [1.807, 2.05) is 49.3 Å². The van der Waals surface area contributed by atoms with E-state index < -0.39 is 0 Å². The van der Waals surface area contributed by atoms with Crippen molar-refractivity contribution in [1.29, 1.82) is 0 Å². The average Bonchev–Trinajstić information content (AvgIpc) is 2.81. The Hall–Kier alpha value is -2.82. The van der Waals surface area contributed by atoms with Crippen LogP contribution in [0.1, 0.15) is 22.4 Å². The summed E-state index contributed by atoms with van der Waals surface area (Å²) in [5.74, 6) is 0.449. The molecular weight excluding hydrogens is 290 g/mol. The van der Waals surface area contributed by atoms with Crippen LogP contribution in [-0.2, 0) is 4.79 Å². The minimum Gasteiger partial charge on any atom is -0.506 e. The van der Waals surface area contributed by atoms with E-state index in [0.29, 0.717) is 28.2 Å². The molecule has 0 unspecified atom stereocenters. The Balaban J connectivity index is 2.08. The molecule has 1 aliphatic rings. The van der Waals surface area contributed by atoms with Gasteiger partial charge in [-0.2, -0.15) is 0 Å². The third kappa shape index (κ3) is 2.54. The van der Waals surface area contributed by atoms with E-state index >= 15 is 0 Å². The van der Waals surface area contributed by atoms with Gasteiger partial charge in [-0.15, -0.1) is 0 Å². The van der Waals surface area contributed by atoms with Crippen molar-refractivity contribution in [2.45, 2.75) is 13.8 Å². The van der Waals surface area contributed by atoms with Gasteiger partial charge in [-0.25, -0.2) is 4.98 Å². The van der Waals surface area contributed by atoms with Crippen molar-refractivity contribution in [2.24, 2.45) is 0 Å². The van der Waals surface area contributed by atoms with Gasteiger partial charge in [0, 0.05) is 30.9 Å². The van der Waals surface area contributed by atoms with E-state index in [2.05, 4.69) is 10.3 Å². The number of carbonyl (C=O) groups is 1. The maximum absolute atomic E-state index is 12.3. The van der Waals surface area contributed by atoms with Crippen LogP contribution in [0.2, 0.25) is 0 Å². The number of rotatable bonds is 2. The molecular formula is C18H19N3O2. The predicted octanol–water partition coefficient (Wildman–Crippen LogP) is 2.96. The van der Waals surface area contributed by atoms with Crippen LogP contribution in [0.3, 0.4) is 0 Å². The molecule has 5 nitrogen and oxygen atoms in total. The first-order valence-corrected chi connectivity index (χ1v) is 7.39. The molecule has 0 atom stereocenters. The lowest BCUT2D eigenvalue weighted by molar-refractivity contribution is -0.110. The number of pyridine rings is 1. The molecule has 0 aliphatic carbocycles. The molecule has 0 fully saturated rings. The van der Waals surface area contributed by atoms with Gasteiger partial charge in [0.05, 0.1) is 11.3 Å². The van der Waals surface area contributed by atoms with Crippen LogP contribution in [0.25, 0.3) is 11.6 Å². The Labute approximate surface area is 135 Å². The molecule has 118 valence electrons. The third-order valence-electron chi connectivity index (χ3n) is 4.06. The van der Waals surface area contributed by atoms with Gasteiger partial charge in [-0.1, -0.05) is 12.1 Å². The van der Waals surface area contributed by atoms with Crippen LogP contribution in [-0.4, -0.2) is 30.1 Å². The predicted molar refractivity (Wildman–Crippen MR) is 92.6 cm³/mol. The molecule has 2 aromatic rings. The molecule has 0 radical (unpaired) electrons. The van der Waals surface area contributed by atoms with Gasteiger partial charge in [0.15, 0.2) is 0 Å². The summed E-state index contributed by atoms with van der Waals surface area (Å²) in [6.45, 7) is 3.52. The summed E-state index contributed by atoms with van der Waals surface area (Å²) in [7, 11) is 3.96. The number of nitrogens with zero attached hydrogens (tertiary/aromatic N) is 2. The zero-order valence-corrected chi connectivity index (χ0v) is 13.6. The smallest absolute Gasteiger partial charge is 0.257 e. The number of benzene rings is 1. The number of hydrogen-bond donors (Lipinski definition) is 2. The standard InChI is InChI=1S/C18H19N3O2/c1-10-15-14(9-12-5-7-13(8-6-12)21(3)4)18(23)20-17(15)19-11(2)16(10)22/h5-9,22H,1-4H3,(H,19,20,23)/b14-9-. The summed E-state index contributed by atoms with van der Waals surface area (Å²) >= 11 is 0. The summed E-state index contributed by atoms with van der Waals surface area (Å²) in [4.78, 5) is 18.6. The van der Waals surface area contributed by atoms with Crippen LogP contribution >= 0.6 is 0 Å². The number of nitrogens with one attached hydrogen (secondary N) is 1. The number of hydrogen-bond acceptors (Lipinski definition) is 4. The topological polar surface area (TPSA) is 65.5 Å². The monoisotopic (exact) mass is 309 g/mol. The van der Waals surface area contributed by atoms with E-state index in [0.717, 1.165) is 11.3 Å². The minimum atomic E-state index is -0.197. The van der Waals surface area contributed by atoms with E-state index in [-0.39, 0.29) is 11.7 Å². The van der Waals surface area contributed by atoms with Crippen LogP contribution in [0, 0.1) is 13.8 Å². The Kier molecular flexibility index (Phi) is 3.56. The highest BCUT2D eigenvalue weighted by Gasteiger charge is 2.29. The Morgan fingerprint density at radius 3 is 2.43 bits per heavy atom. The number of carbonyl (C=O) groups excluding carboxylic acids is 1. The summed E-state index contributed by atoms with van der Waals surface area (Å²) in [5, 5.41) is 12.9. The lowest BCUT2D eigenvalue weighted by atomic mass is 10.00. The maximum atomic E-state index is 12.3. The number of aromatic nitrogens is 1. The van der Waals surface area contributed by atoms with Crippen LogP contribution < -0.4 is 10.2 Å². The van der Waals surface area contributed by atoms with Crippen LogP contribution in [0.5, 0.6) is 5.75 Å². The van der Waals surface area contributed by atoms with Gasteiger partial charge in [0.25, 0.3) is 5.91 Å². The van der Waals surface area contributed by atoms with Gasteiger partial charge < -0.3 is 15.3 Å². The van der Waals surface area contributed by atoms with Gasteiger partial charge in [-0.05, 0) is 37.6 Å². The molecule has 2 N–H and O–H groups in total. The molecule has 2 heterocycles. The average molecular weight is 309 g/mol. The van der Waals surface area contributed by atoms with Crippen molar-refractivity contribution in [1.82, 2.24) is 4.98 Å². The van der Waals surface area contributed by atoms with E-state index in [1.54, 1.807) is 13.8 Å². The molecule has 0 spiro atoms. The quantitative estimate of drug-likeness (QED) is 0.837. The molecule has 0 saturated heterocycles. The van der Waals surface area contributed by atoms with Crippen molar-refractivity contribution in [3.63, 3.8) is 0 Å². The highest BCUT2D eigenvalue weighted by atomic mass is 16.3. The highest BCUT2D eigenvalue weighted by Crippen LogP contribution is 2.38. The molecule has 1 aliphatic heterocycles. The number of aromatic hydroxyl groups is 1. The van der Waals surface area contributed by atoms with Crippen LogP contribution in [0.15, 0.2) is 24.3 Å². The van der Waals surface area contributed by atoms with Crippen molar-refractivity contribution >= 4 is 29.1 Å². The summed E-state index contributed by atoms with van der Waals surface area (Å²) < 4.78 is 0. The summed E-state index contributed by atoms with van der Waals surface area (Å²) in [6.07, 6.45) is 1.82. The fourth-order valence-corrected chi connectivity index (χ4v) is 2.73. The van der Waals surface area contributed by atoms with Gasteiger partial charge in [0.2, 0.25) is 0 Å². The third-order valence-corrected chi connectivity index (χ3v) is 4.06. The lowest BCUT2D eigenvalue weighted by Crippen LogP contribution is -2.08. The maximum Gasteiger partial charge on any atom is 0.257 e. The van der Waals surface area contributed by atoms with E-state index in [1.165, 1.54) is 0 Å². The van der Waals surface area contributed by atoms with Gasteiger partial charge in [-0.3, -0.25) is 4.79 Å². The molecule has 0 bridgehead atoms. The highest BCUT2D eigenvalue weighted by molar-refractivity contribution is 6.35. The van der Waals surface area contributed by atoms with Gasteiger partial charge >= 0.3 is 0 Å². The zero-order valence-electron chi connectivity index (χ0n) is 13.6. The lowest BCUT2D eigenvalue weighted by Gasteiger charge is -2.12. The van der Waals surface area contributed by atoms with Gasteiger partial charge in [0.1, 0.15) is 11.6 Å². The van der Waals surface area contributed by atoms with Crippen molar-refractivity contribution in [2.75, 3.05) is 24.3 Å². The molecule has 23 heavy (non-hydrogen) atoms. The van der Waals surface area contributed by atoms with Crippen molar-refractivity contribution in [3.05, 3.63) is 46.6 Å². The Morgan fingerprint density at radius 1 is 1.17 bits per heavy atom. The number of fused-ring (bicyclic) bond motifs is 1. The minimum absolute atomic E-state index is 0.133. The zero-order chi connectivity index (χ0) is 16.7. The molecule has 1 aromatic heterocycles. The van der Waals surface area contributed by atoms with E-state index in [4.69, 9.17) is 0 Å². The first-order chi connectivity index (χ1) is 10.9. The summed E-state index contributed by atoms with van der Waals surface area (Å²) in [5.41, 5.74) is 4.40. The fourth-order valence-electron chi connectivity index (χ4n) is 2.73. The second kappa shape index (κ2) is 5.43. The second-order valence-electron chi connectivity index (χ2n) is 5.89. The first kappa shape index (κ1) is 15.1. The fraction of sp³-hybridized carbons (Fsp3) is 0.222. The number of anilines is 2. The first-order valence-electron chi connectivity index (χ1n) is 7.39. The molecule has 3 rings (SSSR count). The largest absolute Gasteiger partial charge is 0.506 e. The normalized spacial score (nSPS) is 14.8. The molecule has 1 amide bonds. The second-order valence-corrected chi connectivity index (χ2v) is 5.89. The van der Waals surface area contributed by atoms with Crippen LogP contribution in [0.4, 0.5) is 11.5 Å². The molecule has 5 heteroatoms. The molecule has 0 saturated carbocycles.